The molecule has 0 saturated carbocycles. The first kappa shape index (κ1) is 13.0. The molecule has 1 N–H and O–H groups in total. The Hall–Kier alpha value is -1.43. The molecule has 0 spiro atoms. The van der Waals surface area contributed by atoms with Crippen LogP contribution in [0.4, 0.5) is 0 Å². The number of carbonyl (C=O) groups is 2. The van der Waals surface area contributed by atoms with Crippen molar-refractivity contribution < 1.29 is 9.59 Å². The molecule has 2 amide bonds. The Labute approximate surface area is 114 Å². The van der Waals surface area contributed by atoms with E-state index < -0.39 is 0 Å². The standard InChI is InChI=1S/C12H14BrN3O2/c1-8(17)15-9-4-6-16(7-9)12(18)11-10(13)3-2-5-14-11/h2-3,5,9H,4,6-7H2,1H3,(H,15,17). The van der Waals surface area contributed by atoms with Crippen LogP contribution in [0.25, 0.3) is 0 Å². The van der Waals surface area contributed by atoms with Crippen LogP contribution in [-0.4, -0.2) is 40.8 Å². The number of likely N-dealkylation sites (tertiary alicyclic amines) is 1. The Balaban J connectivity index is 2.04. The molecule has 6 heteroatoms. The van der Waals surface area contributed by atoms with Gasteiger partial charge in [-0.2, -0.15) is 0 Å². The lowest BCUT2D eigenvalue weighted by Crippen LogP contribution is -2.37. The minimum Gasteiger partial charge on any atom is -0.352 e. The molecule has 1 aromatic heterocycles. The van der Waals surface area contributed by atoms with Crippen LogP contribution in [0.2, 0.25) is 0 Å². The number of rotatable bonds is 2. The smallest absolute Gasteiger partial charge is 0.273 e. The summed E-state index contributed by atoms with van der Waals surface area (Å²) in [5.41, 5.74) is 0.418. The Morgan fingerprint density at radius 2 is 2.33 bits per heavy atom. The Morgan fingerprint density at radius 1 is 1.56 bits per heavy atom. The lowest BCUT2D eigenvalue weighted by Gasteiger charge is -2.16. The fourth-order valence-electron chi connectivity index (χ4n) is 2.04. The van der Waals surface area contributed by atoms with Gasteiger partial charge in [-0.05, 0) is 34.5 Å². The van der Waals surface area contributed by atoms with Gasteiger partial charge in [0.15, 0.2) is 0 Å². The maximum atomic E-state index is 12.2. The summed E-state index contributed by atoms with van der Waals surface area (Å²) in [7, 11) is 0. The largest absolute Gasteiger partial charge is 0.352 e. The molecular formula is C12H14BrN3O2. The van der Waals surface area contributed by atoms with E-state index in [1.54, 1.807) is 23.2 Å². The molecule has 1 aromatic rings. The highest BCUT2D eigenvalue weighted by atomic mass is 79.9. The van der Waals surface area contributed by atoms with E-state index in [9.17, 15) is 9.59 Å². The number of hydrogen-bond acceptors (Lipinski definition) is 3. The fourth-order valence-corrected chi connectivity index (χ4v) is 2.47. The summed E-state index contributed by atoms with van der Waals surface area (Å²) in [6, 6.07) is 3.61. The summed E-state index contributed by atoms with van der Waals surface area (Å²) in [5.74, 6) is -0.163. The molecular weight excluding hydrogens is 298 g/mol. The zero-order valence-corrected chi connectivity index (χ0v) is 11.6. The van der Waals surface area contributed by atoms with E-state index in [4.69, 9.17) is 0 Å². The predicted molar refractivity (Wildman–Crippen MR) is 70.1 cm³/mol. The molecule has 1 aliphatic heterocycles. The molecule has 1 saturated heterocycles. The third-order valence-corrected chi connectivity index (χ3v) is 3.48. The highest BCUT2D eigenvalue weighted by Crippen LogP contribution is 2.18. The number of hydrogen-bond donors (Lipinski definition) is 1. The summed E-state index contributed by atoms with van der Waals surface area (Å²) in [4.78, 5) is 29.0. The first-order valence-electron chi connectivity index (χ1n) is 5.75. The van der Waals surface area contributed by atoms with E-state index in [0.29, 0.717) is 23.3 Å². The van der Waals surface area contributed by atoms with Gasteiger partial charge < -0.3 is 10.2 Å². The van der Waals surface area contributed by atoms with Gasteiger partial charge in [-0.15, -0.1) is 0 Å². The summed E-state index contributed by atoms with van der Waals surface area (Å²) in [6.07, 6.45) is 2.38. The molecule has 2 rings (SSSR count). The van der Waals surface area contributed by atoms with Crippen LogP contribution >= 0.6 is 15.9 Å². The third-order valence-electron chi connectivity index (χ3n) is 2.84. The van der Waals surface area contributed by atoms with Crippen molar-refractivity contribution in [3.05, 3.63) is 28.5 Å². The van der Waals surface area contributed by atoms with E-state index in [0.717, 1.165) is 6.42 Å². The van der Waals surface area contributed by atoms with E-state index in [2.05, 4.69) is 26.2 Å². The molecule has 0 bridgehead atoms. The van der Waals surface area contributed by atoms with Crippen LogP contribution in [0.3, 0.4) is 0 Å². The molecule has 0 radical (unpaired) electrons. The van der Waals surface area contributed by atoms with Crippen molar-refractivity contribution in [3.63, 3.8) is 0 Å². The van der Waals surface area contributed by atoms with Crippen LogP contribution in [0, 0.1) is 0 Å². The van der Waals surface area contributed by atoms with Crippen LogP contribution in [0.15, 0.2) is 22.8 Å². The van der Waals surface area contributed by atoms with Gasteiger partial charge in [0, 0.05) is 36.7 Å². The maximum absolute atomic E-state index is 12.2. The second-order valence-corrected chi connectivity index (χ2v) is 5.13. The van der Waals surface area contributed by atoms with Crippen LogP contribution < -0.4 is 5.32 Å². The number of carbonyl (C=O) groups excluding carboxylic acids is 2. The molecule has 5 nitrogen and oxygen atoms in total. The quantitative estimate of drug-likeness (QED) is 0.892. The first-order chi connectivity index (χ1) is 8.58. The Bertz CT molecular complexity index is 478. The van der Waals surface area contributed by atoms with Gasteiger partial charge in [0.05, 0.1) is 0 Å². The van der Waals surface area contributed by atoms with E-state index in [-0.39, 0.29) is 17.9 Å². The van der Waals surface area contributed by atoms with Gasteiger partial charge in [-0.3, -0.25) is 9.59 Å². The van der Waals surface area contributed by atoms with Crippen molar-refractivity contribution in [3.8, 4) is 0 Å². The summed E-state index contributed by atoms with van der Waals surface area (Å²) in [6.45, 7) is 2.67. The van der Waals surface area contributed by atoms with Gasteiger partial charge in [-0.1, -0.05) is 0 Å². The number of nitrogens with zero attached hydrogens (tertiary/aromatic N) is 2. The Kier molecular flexibility index (Phi) is 3.96. The summed E-state index contributed by atoms with van der Waals surface area (Å²) >= 11 is 3.32. The summed E-state index contributed by atoms with van der Waals surface area (Å²) < 4.78 is 0.693. The van der Waals surface area contributed by atoms with E-state index >= 15 is 0 Å². The molecule has 0 aromatic carbocycles. The molecule has 2 heterocycles. The number of halogens is 1. The average Bonchev–Trinajstić information content (AvgIpc) is 2.76. The van der Waals surface area contributed by atoms with Crippen LogP contribution in [-0.2, 0) is 4.79 Å². The zero-order chi connectivity index (χ0) is 13.1. The predicted octanol–water partition coefficient (Wildman–Crippen LogP) is 1.19. The molecule has 18 heavy (non-hydrogen) atoms. The second-order valence-electron chi connectivity index (χ2n) is 4.27. The van der Waals surface area contributed by atoms with Gasteiger partial charge >= 0.3 is 0 Å². The number of amides is 2. The molecule has 1 atom stereocenters. The highest BCUT2D eigenvalue weighted by Gasteiger charge is 2.28. The average molecular weight is 312 g/mol. The monoisotopic (exact) mass is 311 g/mol. The van der Waals surface area contributed by atoms with Gasteiger partial charge in [0.25, 0.3) is 5.91 Å². The number of nitrogens with one attached hydrogen (secondary N) is 1. The topological polar surface area (TPSA) is 62.3 Å². The number of aromatic nitrogens is 1. The molecule has 1 fully saturated rings. The molecule has 96 valence electrons. The van der Waals surface area contributed by atoms with E-state index in [1.165, 1.54) is 6.92 Å². The zero-order valence-electron chi connectivity index (χ0n) is 10.0. The van der Waals surface area contributed by atoms with Crippen LogP contribution in [0.1, 0.15) is 23.8 Å². The number of pyridine rings is 1. The minimum absolute atomic E-state index is 0.0499. The lowest BCUT2D eigenvalue weighted by molar-refractivity contribution is -0.119. The summed E-state index contributed by atoms with van der Waals surface area (Å²) in [5, 5.41) is 2.83. The highest BCUT2D eigenvalue weighted by molar-refractivity contribution is 9.10. The Morgan fingerprint density at radius 3 is 3.00 bits per heavy atom. The minimum atomic E-state index is -0.102. The van der Waals surface area contributed by atoms with Crippen molar-refractivity contribution in [1.29, 1.82) is 0 Å². The van der Waals surface area contributed by atoms with Crippen molar-refractivity contribution in [1.82, 2.24) is 15.2 Å². The lowest BCUT2D eigenvalue weighted by atomic mass is 10.2. The molecule has 1 unspecified atom stereocenters. The SMILES string of the molecule is CC(=O)NC1CCN(C(=O)c2ncccc2Br)C1. The normalized spacial score (nSPS) is 18.8. The third kappa shape index (κ3) is 2.87. The van der Waals surface area contributed by atoms with Gasteiger partial charge in [0.2, 0.25) is 5.91 Å². The van der Waals surface area contributed by atoms with Crippen LogP contribution in [0.5, 0.6) is 0 Å². The van der Waals surface area contributed by atoms with Gasteiger partial charge in [-0.25, -0.2) is 4.98 Å². The molecule has 1 aliphatic rings. The molecule has 0 aliphatic carbocycles. The van der Waals surface area contributed by atoms with Crippen molar-refractivity contribution >= 4 is 27.7 Å². The van der Waals surface area contributed by atoms with Crippen molar-refractivity contribution in [2.24, 2.45) is 0 Å². The van der Waals surface area contributed by atoms with E-state index in [1.807, 2.05) is 0 Å². The van der Waals surface area contributed by atoms with Crippen molar-refractivity contribution in [2.45, 2.75) is 19.4 Å². The van der Waals surface area contributed by atoms with Crippen molar-refractivity contribution in [2.75, 3.05) is 13.1 Å². The fraction of sp³-hybridized carbons (Fsp3) is 0.417. The van der Waals surface area contributed by atoms with Gasteiger partial charge in [0.1, 0.15) is 5.69 Å². The first-order valence-corrected chi connectivity index (χ1v) is 6.54. The second kappa shape index (κ2) is 5.48. The maximum Gasteiger partial charge on any atom is 0.273 e.